The second-order valence-corrected chi connectivity index (χ2v) is 4.24. The molecular weight excluding hydrogens is 289 g/mol. The van der Waals surface area contributed by atoms with E-state index in [1.165, 1.54) is 30.9 Å². The Hall–Kier alpha value is -2.77. The van der Waals surface area contributed by atoms with E-state index in [2.05, 4.69) is 4.98 Å². The topological polar surface area (TPSA) is 67.7 Å². The molecule has 21 heavy (non-hydrogen) atoms. The van der Waals surface area contributed by atoms with Crippen molar-refractivity contribution in [2.75, 3.05) is 0 Å². The molecular formula is C13H7F3N2O3. The van der Waals surface area contributed by atoms with E-state index in [4.69, 9.17) is 4.42 Å². The zero-order valence-electron chi connectivity index (χ0n) is 10.3. The van der Waals surface area contributed by atoms with Gasteiger partial charge in [-0.1, -0.05) is 0 Å². The molecule has 0 aromatic carbocycles. The van der Waals surface area contributed by atoms with E-state index >= 15 is 0 Å². The molecule has 0 saturated carbocycles. The van der Waals surface area contributed by atoms with Crippen molar-refractivity contribution < 1.29 is 27.5 Å². The summed E-state index contributed by atoms with van der Waals surface area (Å²) >= 11 is 0. The number of alkyl halides is 3. The number of imidazole rings is 1. The fourth-order valence-electron chi connectivity index (χ4n) is 2.11. The number of carboxylic acids is 1. The van der Waals surface area contributed by atoms with Crippen LogP contribution in [0.2, 0.25) is 0 Å². The Morgan fingerprint density at radius 1 is 1.33 bits per heavy atom. The number of aromatic nitrogens is 2. The number of rotatable bonds is 2. The highest BCUT2D eigenvalue weighted by Crippen LogP contribution is 2.35. The molecule has 0 amide bonds. The Bertz CT molecular complexity index is 819. The van der Waals surface area contributed by atoms with Gasteiger partial charge in [0.05, 0.1) is 23.8 Å². The molecule has 0 radical (unpaired) electrons. The molecule has 8 heteroatoms. The number of aromatic carboxylic acids is 1. The van der Waals surface area contributed by atoms with E-state index < -0.39 is 29.1 Å². The summed E-state index contributed by atoms with van der Waals surface area (Å²) in [4.78, 5) is 14.9. The molecule has 3 aromatic rings. The number of hydrogen-bond donors (Lipinski definition) is 1. The highest BCUT2D eigenvalue weighted by molar-refractivity contribution is 5.94. The highest BCUT2D eigenvalue weighted by atomic mass is 19.4. The molecule has 3 rings (SSSR count). The average molecular weight is 296 g/mol. The first-order valence-electron chi connectivity index (χ1n) is 5.73. The summed E-state index contributed by atoms with van der Waals surface area (Å²) in [5.74, 6) is -1.41. The molecule has 0 bridgehead atoms. The molecule has 0 aliphatic heterocycles. The smallest absolute Gasteiger partial charge is 0.419 e. The summed E-state index contributed by atoms with van der Waals surface area (Å²) in [5.41, 5.74) is -1.55. The Labute approximate surface area is 115 Å². The molecule has 0 aliphatic rings. The molecule has 3 heterocycles. The van der Waals surface area contributed by atoms with Crippen molar-refractivity contribution in [3.63, 3.8) is 0 Å². The number of fused-ring (bicyclic) bond motifs is 1. The zero-order valence-corrected chi connectivity index (χ0v) is 10.3. The molecule has 3 aromatic heterocycles. The molecule has 0 aliphatic carbocycles. The predicted molar refractivity (Wildman–Crippen MR) is 64.9 cm³/mol. The van der Waals surface area contributed by atoms with Crippen molar-refractivity contribution in [2.24, 2.45) is 0 Å². The average Bonchev–Trinajstić information content (AvgIpc) is 3.03. The summed E-state index contributed by atoms with van der Waals surface area (Å²) in [6.07, 6.45) is -0.756. The van der Waals surface area contributed by atoms with Gasteiger partial charge in [-0.2, -0.15) is 13.2 Å². The van der Waals surface area contributed by atoms with Crippen LogP contribution in [0, 0.1) is 0 Å². The van der Waals surface area contributed by atoms with Gasteiger partial charge in [0.1, 0.15) is 0 Å². The van der Waals surface area contributed by atoms with E-state index in [0.29, 0.717) is 5.56 Å². The number of furan rings is 1. The van der Waals surface area contributed by atoms with E-state index in [9.17, 15) is 23.1 Å². The summed E-state index contributed by atoms with van der Waals surface area (Å²) < 4.78 is 44.9. The Morgan fingerprint density at radius 2 is 2.10 bits per heavy atom. The third-order valence-corrected chi connectivity index (χ3v) is 2.95. The van der Waals surface area contributed by atoms with E-state index in [0.717, 1.165) is 10.5 Å². The Kier molecular flexibility index (Phi) is 2.75. The lowest BCUT2D eigenvalue weighted by Crippen LogP contribution is -2.07. The first kappa shape index (κ1) is 13.2. The third-order valence-electron chi connectivity index (χ3n) is 2.95. The second-order valence-electron chi connectivity index (χ2n) is 4.24. The van der Waals surface area contributed by atoms with Crippen LogP contribution in [0.3, 0.4) is 0 Å². The molecule has 0 unspecified atom stereocenters. The number of nitrogens with zero attached hydrogens (tertiary/aromatic N) is 2. The van der Waals surface area contributed by atoms with Crippen LogP contribution in [0.15, 0.2) is 41.3 Å². The van der Waals surface area contributed by atoms with Crippen LogP contribution in [0.1, 0.15) is 16.1 Å². The SMILES string of the molecule is O=C(O)c1nc2c(C(F)(F)F)cccn2c1-c1ccoc1. The second kappa shape index (κ2) is 4.37. The first-order chi connectivity index (χ1) is 9.89. The van der Waals surface area contributed by atoms with Crippen molar-refractivity contribution in [1.29, 1.82) is 0 Å². The zero-order chi connectivity index (χ0) is 15.2. The highest BCUT2D eigenvalue weighted by Gasteiger charge is 2.35. The minimum absolute atomic E-state index is 0.0392. The maximum atomic E-state index is 13.0. The van der Waals surface area contributed by atoms with Gasteiger partial charge in [-0.15, -0.1) is 0 Å². The van der Waals surface area contributed by atoms with Gasteiger partial charge in [0.25, 0.3) is 0 Å². The Balaban J connectivity index is 2.41. The molecule has 0 saturated heterocycles. The van der Waals surface area contributed by atoms with Crippen LogP contribution in [-0.2, 0) is 6.18 Å². The normalized spacial score (nSPS) is 12.0. The summed E-state index contributed by atoms with van der Waals surface area (Å²) in [6, 6.07) is 3.50. The molecule has 1 N–H and O–H groups in total. The maximum Gasteiger partial charge on any atom is 0.419 e. The van der Waals surface area contributed by atoms with Gasteiger partial charge in [0.2, 0.25) is 0 Å². The third kappa shape index (κ3) is 2.04. The van der Waals surface area contributed by atoms with Gasteiger partial charge in [0.15, 0.2) is 11.3 Å². The fraction of sp³-hybridized carbons (Fsp3) is 0.0769. The lowest BCUT2D eigenvalue weighted by Gasteiger charge is -2.08. The quantitative estimate of drug-likeness (QED) is 0.787. The first-order valence-corrected chi connectivity index (χ1v) is 5.73. The summed E-state index contributed by atoms with van der Waals surface area (Å²) in [5, 5.41) is 9.17. The van der Waals surface area contributed by atoms with Gasteiger partial charge in [-0.05, 0) is 18.2 Å². The van der Waals surface area contributed by atoms with Crippen LogP contribution in [0.5, 0.6) is 0 Å². The van der Waals surface area contributed by atoms with Crippen LogP contribution in [0.25, 0.3) is 16.9 Å². The number of pyridine rings is 1. The van der Waals surface area contributed by atoms with Crippen LogP contribution < -0.4 is 0 Å². The van der Waals surface area contributed by atoms with E-state index in [1.807, 2.05) is 0 Å². The lowest BCUT2D eigenvalue weighted by molar-refractivity contribution is -0.136. The molecule has 0 fully saturated rings. The largest absolute Gasteiger partial charge is 0.476 e. The molecule has 108 valence electrons. The minimum atomic E-state index is -4.63. The van der Waals surface area contributed by atoms with Crippen molar-refractivity contribution in [3.05, 3.63) is 48.2 Å². The summed E-state index contributed by atoms with van der Waals surface area (Å²) in [7, 11) is 0. The van der Waals surface area contributed by atoms with E-state index in [1.54, 1.807) is 0 Å². The standard InChI is InChI=1S/C13H7F3N2O3/c14-13(15,16)8-2-1-4-18-10(7-3-5-21-6-7)9(12(19)20)17-11(8)18/h1-6H,(H,19,20). The van der Waals surface area contributed by atoms with Gasteiger partial charge in [0, 0.05) is 11.8 Å². The van der Waals surface area contributed by atoms with Gasteiger partial charge < -0.3 is 9.52 Å². The van der Waals surface area contributed by atoms with Crippen molar-refractivity contribution in [3.8, 4) is 11.3 Å². The minimum Gasteiger partial charge on any atom is -0.476 e. The van der Waals surface area contributed by atoms with Gasteiger partial charge in [-0.25, -0.2) is 9.78 Å². The van der Waals surface area contributed by atoms with Crippen LogP contribution >= 0.6 is 0 Å². The van der Waals surface area contributed by atoms with Crippen LogP contribution in [-0.4, -0.2) is 20.5 Å². The Morgan fingerprint density at radius 3 is 2.67 bits per heavy atom. The van der Waals surface area contributed by atoms with Crippen molar-refractivity contribution in [1.82, 2.24) is 9.38 Å². The fourth-order valence-corrected chi connectivity index (χ4v) is 2.11. The maximum absolute atomic E-state index is 13.0. The van der Waals surface area contributed by atoms with Crippen molar-refractivity contribution >= 4 is 11.6 Å². The van der Waals surface area contributed by atoms with Gasteiger partial charge >= 0.3 is 12.1 Å². The monoisotopic (exact) mass is 296 g/mol. The molecule has 0 atom stereocenters. The summed E-state index contributed by atoms with van der Waals surface area (Å²) in [6.45, 7) is 0. The van der Waals surface area contributed by atoms with E-state index in [-0.39, 0.29) is 5.69 Å². The van der Waals surface area contributed by atoms with Gasteiger partial charge in [-0.3, -0.25) is 4.40 Å². The molecule has 0 spiro atoms. The number of halogens is 3. The number of carbonyl (C=O) groups is 1. The predicted octanol–water partition coefficient (Wildman–Crippen LogP) is 3.31. The lowest BCUT2D eigenvalue weighted by atomic mass is 10.2. The number of hydrogen-bond acceptors (Lipinski definition) is 3. The number of carboxylic acid groups (broad SMARTS) is 1. The van der Waals surface area contributed by atoms with Crippen LogP contribution in [0.4, 0.5) is 13.2 Å². The molecule has 5 nitrogen and oxygen atoms in total. The van der Waals surface area contributed by atoms with Crippen molar-refractivity contribution in [2.45, 2.75) is 6.18 Å².